The van der Waals surface area contributed by atoms with Crippen molar-refractivity contribution in [2.75, 3.05) is 12.5 Å². The van der Waals surface area contributed by atoms with Crippen LogP contribution < -0.4 is 330 Å². The molecule has 640 valence electrons. The summed E-state index contributed by atoms with van der Waals surface area (Å²) in [5.41, 5.74) is -0.301. The Balaban J connectivity index is -0.000000368. The van der Waals surface area contributed by atoms with Crippen LogP contribution in [0.2, 0.25) is 0 Å². The molecule has 0 aromatic carbocycles. The van der Waals surface area contributed by atoms with E-state index >= 15 is 0 Å². The molecule has 3 unspecified atom stereocenters. The second-order valence-corrected chi connectivity index (χ2v) is 30.6. The molecule has 7 rings (SSSR count). The van der Waals surface area contributed by atoms with Gasteiger partial charge >= 0.3 is 325 Å². The Morgan fingerprint density at radius 2 is 0.800 bits per heavy atom. The molecule has 4 aliphatic rings. The third-order valence-corrected chi connectivity index (χ3v) is 14.7. The van der Waals surface area contributed by atoms with Crippen molar-refractivity contribution in [2.45, 2.75) is 138 Å². The van der Waals surface area contributed by atoms with Gasteiger partial charge in [-0.15, -0.1) is 31.2 Å². The van der Waals surface area contributed by atoms with Crippen molar-refractivity contribution in [3.8, 4) is 0 Å². The van der Waals surface area contributed by atoms with Crippen molar-refractivity contribution in [2.24, 2.45) is 0 Å². The van der Waals surface area contributed by atoms with Crippen LogP contribution in [0.5, 0.6) is 0 Å². The average molecular weight is 2100 g/mol. The van der Waals surface area contributed by atoms with Gasteiger partial charge in [-0.3, -0.25) is 37.6 Å². The Kier molecular flexibility index (Phi) is 80.2. The van der Waals surface area contributed by atoms with Crippen LogP contribution in [0.1, 0.15) is 18.3 Å². The molecular weight excluding hydrogens is 2050 g/mol. The largest absolute Gasteiger partial charge is 1.00 e. The summed E-state index contributed by atoms with van der Waals surface area (Å²) in [6.07, 6.45) is -16.2. The molecule has 7 heterocycles. The maximum absolute atomic E-state index is 11.9. The van der Waals surface area contributed by atoms with E-state index in [1.165, 1.54) is 17.1 Å². The molecule has 0 saturated carbocycles. The summed E-state index contributed by atoms with van der Waals surface area (Å²) in [6, 6.07) is 0. The number of hydrogen-bond donors (Lipinski definition) is 5. The SMILES string of the molecule is O=S(=O)([O-])O.O=S(=O)([O-])O.O=S(=O)([O-])O.O=S(=O)([O-])O.O=S(=O)([O-])O.[CH2-][C@H]1O[C@H](OC2(CCl)[CH-]C(OS(=O)(=O)[O-])[C@@H](Cn3cc(CO[C@@H]4[CH-][C@@H](OS(=O)(=O)[O-])[C@H](OS(=O)(=O)[O-])[C@@H](Cn5cc(CO[C@@H]6[CH-][C@@H](OS(=O)(=O)[O-])[C@H](OS(=O)(=O)[O-])[C@@H](Cn7cc[n+](COCC)n7)O6)nn5)O4)nn3)O2)C(OS(=O)(=O)[O-])[CH-][C@H]1Cl.[Na+].[Na+].[Na+].[Na+].[Na+].[Na+].[Na+].[Na+].[Na+].[Na+].[Na+]. The van der Waals surface area contributed by atoms with Crippen LogP contribution in [0.3, 0.4) is 0 Å². The van der Waals surface area contributed by atoms with Crippen LogP contribution in [0.25, 0.3) is 0 Å². The van der Waals surface area contributed by atoms with Gasteiger partial charge in [-0.2, -0.15) is 11.6 Å². The number of halogens is 2. The first-order valence-electron chi connectivity index (χ1n) is 26.4. The van der Waals surface area contributed by atoms with Gasteiger partial charge in [-0.1, -0.05) is 21.9 Å². The maximum atomic E-state index is 11.9. The smallest absolute Gasteiger partial charge is 0.726 e. The molecule has 0 bridgehead atoms. The Labute approximate surface area is 938 Å². The van der Waals surface area contributed by atoms with Crippen LogP contribution in [-0.4, -0.2) is 309 Å². The summed E-state index contributed by atoms with van der Waals surface area (Å²) in [4.78, 5) is 0. The van der Waals surface area contributed by atoms with Gasteiger partial charge in [0.15, 0.2) is 18.7 Å². The van der Waals surface area contributed by atoms with Crippen molar-refractivity contribution in [1.82, 2.24) is 39.9 Å². The average Bonchev–Trinajstić information content (AvgIpc) is 1.51. The number of nitrogens with zero attached hydrogens (tertiary/aromatic N) is 9. The zero-order valence-corrected chi connectivity index (χ0v) is 95.8. The van der Waals surface area contributed by atoms with Gasteiger partial charge < -0.3 is 112 Å². The fourth-order valence-corrected chi connectivity index (χ4v) is 11.3. The molecule has 0 spiro atoms. The third-order valence-electron chi connectivity index (χ3n) is 11.1. The summed E-state index contributed by atoms with van der Waals surface area (Å²) >= 11 is 12.2. The van der Waals surface area contributed by atoms with E-state index < -0.39 is 244 Å². The summed E-state index contributed by atoms with van der Waals surface area (Å²) in [5.74, 6) is -3.05. The van der Waals surface area contributed by atoms with Crippen LogP contribution in [0, 0.1) is 32.6 Å². The predicted octanol–water partition coefficient (Wildman–Crippen LogP) is -44.3. The number of hydrogen-bond acceptors (Lipinski definition) is 52. The van der Waals surface area contributed by atoms with Crippen molar-refractivity contribution in [3.05, 3.63) is 68.8 Å². The monoisotopic (exact) mass is 2100 g/mol. The Bertz CT molecular complexity index is 4570. The predicted molar refractivity (Wildman–Crippen MR) is 310 cm³/mol. The van der Waals surface area contributed by atoms with Gasteiger partial charge in [0.25, 0.3) is 0 Å². The van der Waals surface area contributed by atoms with E-state index in [4.69, 9.17) is 149 Å². The quantitative estimate of drug-likeness (QED) is 0.0103. The van der Waals surface area contributed by atoms with Gasteiger partial charge in [-0.05, 0) is 25.2 Å². The van der Waals surface area contributed by atoms with Gasteiger partial charge in [-0.25, -0.2) is 121 Å². The van der Waals surface area contributed by atoms with E-state index in [-0.39, 0.29) is 343 Å². The Morgan fingerprint density at radius 1 is 0.483 bits per heavy atom. The first kappa shape index (κ1) is 148. The zero-order chi connectivity index (χ0) is 84.3. The van der Waals surface area contributed by atoms with E-state index in [9.17, 15) is 77.8 Å². The van der Waals surface area contributed by atoms with Crippen molar-refractivity contribution in [3.63, 3.8) is 0 Å². The number of ether oxygens (including phenoxy) is 8. The fourth-order valence-electron chi connectivity index (χ4n) is 8.05. The molecule has 120 heavy (non-hydrogen) atoms. The van der Waals surface area contributed by atoms with Crippen molar-refractivity contribution >= 4 is 138 Å². The molecule has 15 atom stereocenters. The number of alkyl halides is 2. The van der Waals surface area contributed by atoms with Gasteiger partial charge in [0.1, 0.15) is 42.3 Å². The summed E-state index contributed by atoms with van der Waals surface area (Å²) in [6.45, 7) is 2.38. The second kappa shape index (κ2) is 65.2. The van der Waals surface area contributed by atoms with Crippen LogP contribution >= 0.6 is 23.2 Å². The maximum Gasteiger partial charge on any atom is 1.00 e. The van der Waals surface area contributed by atoms with E-state index in [0.29, 0.717) is 19.4 Å². The summed E-state index contributed by atoms with van der Waals surface area (Å²) in [5, 5.41) is 18.4. The first-order valence-corrected chi connectivity index (χ1v) is 42.2. The molecule has 4 fully saturated rings. The molecule has 61 nitrogen and oxygen atoms in total. The standard InChI is InChI=1S/C35H49Cl2N9O32S6.11Na.5H2O4S/c1-3-65-18-44-5-4-43(42-44)13-28-32(77-83(59,60)61)23(73-79(47,48)49)7-30(69-28)66-16-21-11-46(41-39-21)14-29-33(78-84(62,63)64)24(74-80(50,51)52)8-31(70-29)67-15-20-10-45(40-38-20)12-27-26(76-82(56,57)58)9-35(17-36,71-27)72-34-25(75-81(53,54)55)6-22(37)19(2)68-34;;;;;;;;;;;;5*1-5(2,3)4/h4-11,19,22-34H,2-3,12-18H2,1H3,(H,47,48,49)(H,50,51,52)(H,53,54,55)(H,56,57,58)(H,59,60,61)(H,62,63,64);;;;;;;;;;;;5*(H2,1,2,3,4)/q-4;11*+1;;;;;/p-11/t19-,22-,23-,24-,25?,26?,27-,28-,29-,30+,31+,32+,33+,34-,35?;;;;;;;;;;;;;;;;/m1................/s1. The first-order chi connectivity index (χ1) is 48.9. The molecule has 0 radical (unpaired) electrons. The summed E-state index contributed by atoms with van der Waals surface area (Å²) in [7, 11) is -58.4. The fraction of sp³-hybridized carbons (Fsp3) is 0.686. The van der Waals surface area contributed by atoms with Gasteiger partial charge in [0.2, 0.25) is 121 Å². The molecule has 4 saturated heterocycles. The Hall–Kier alpha value is 7.25. The molecule has 4 aliphatic heterocycles. The summed E-state index contributed by atoms with van der Waals surface area (Å²) < 4.78 is 453. The van der Waals surface area contributed by atoms with Crippen molar-refractivity contribution in [1.29, 1.82) is 0 Å². The third kappa shape index (κ3) is 75.3. The molecular formula is C35H48Cl2N9Na11O52S11-4. The van der Waals surface area contributed by atoms with E-state index in [2.05, 4.69) is 57.9 Å². The molecule has 85 heteroatoms. The topological polar surface area (TPSA) is 943 Å². The minimum absolute atomic E-state index is 0. The van der Waals surface area contributed by atoms with E-state index in [1.807, 2.05) is 0 Å². The van der Waals surface area contributed by atoms with Crippen LogP contribution in [-0.2, 0) is 217 Å². The van der Waals surface area contributed by atoms with Gasteiger partial charge in [0.05, 0.1) is 55.8 Å². The molecule has 3 aromatic rings. The zero-order valence-electron chi connectivity index (χ0n) is 63.3. The van der Waals surface area contributed by atoms with Gasteiger partial charge in [0, 0.05) is 31.2 Å². The van der Waals surface area contributed by atoms with Crippen LogP contribution in [0.4, 0.5) is 0 Å². The van der Waals surface area contributed by atoms with Crippen LogP contribution in [0.15, 0.2) is 24.8 Å². The molecule has 0 aliphatic carbocycles. The minimum atomic E-state index is -5.79. The minimum Gasteiger partial charge on any atom is -0.726 e. The van der Waals surface area contributed by atoms with Crippen molar-refractivity contribution < 1.29 is 558 Å². The molecule has 5 N–H and O–H groups in total. The second-order valence-electron chi connectivity index (χ2n) is 19.5. The normalized spacial score (nSPS) is 24.4. The number of aromatic nitrogens is 9. The molecule has 0 amide bonds. The number of rotatable bonds is 30. The molecule has 3 aromatic heterocycles. The van der Waals surface area contributed by atoms with E-state index in [1.54, 1.807) is 6.92 Å². The van der Waals surface area contributed by atoms with E-state index in [0.717, 1.165) is 39.3 Å². The Morgan fingerprint density at radius 3 is 1.12 bits per heavy atom.